The first-order chi connectivity index (χ1) is 11.6. The molecule has 0 fully saturated rings. The molecule has 10 heteroatoms. The fourth-order valence-corrected chi connectivity index (χ4v) is 1.98. The van der Waals surface area contributed by atoms with Crippen molar-refractivity contribution in [2.45, 2.75) is 20.0 Å². The van der Waals surface area contributed by atoms with Crippen LogP contribution in [0.1, 0.15) is 13.8 Å². The number of hydrazine groups is 1. The molecule has 1 aromatic rings. The van der Waals surface area contributed by atoms with E-state index in [1.54, 1.807) is 24.3 Å². The summed E-state index contributed by atoms with van der Waals surface area (Å²) in [5.41, 5.74) is 4.31. The Hall–Kier alpha value is -2.33. The molecule has 1 unspecified atom stereocenters. The van der Waals surface area contributed by atoms with Gasteiger partial charge in [-0.3, -0.25) is 20.4 Å². The molecule has 1 atom stereocenters. The number of likely N-dealkylation sites (N-methyl/N-ethyl adjacent to an activating group) is 1. The van der Waals surface area contributed by atoms with Gasteiger partial charge >= 0.3 is 0 Å². The Morgan fingerprint density at radius 2 is 1.72 bits per heavy atom. The van der Waals surface area contributed by atoms with Gasteiger partial charge in [-0.1, -0.05) is 0 Å². The highest BCUT2D eigenvalue weighted by molar-refractivity contribution is 7.88. The molecule has 0 radical (unpaired) electrons. The molecule has 140 valence electrons. The number of ether oxygens (including phenoxy) is 2. The Morgan fingerprint density at radius 3 is 2.24 bits per heavy atom. The quantitative estimate of drug-likeness (QED) is 0.615. The molecule has 1 aromatic carbocycles. The summed E-state index contributed by atoms with van der Waals surface area (Å²) in [5, 5.41) is 0. The molecule has 2 amide bonds. The van der Waals surface area contributed by atoms with Crippen LogP contribution in [0.15, 0.2) is 24.3 Å². The molecule has 1 rings (SSSR count). The zero-order valence-electron chi connectivity index (χ0n) is 14.6. The average Bonchev–Trinajstić information content (AvgIpc) is 2.53. The smallest absolute Gasteiger partial charge is 0.279 e. The second-order valence-corrected chi connectivity index (χ2v) is 7.31. The Labute approximate surface area is 147 Å². The Morgan fingerprint density at radius 1 is 1.16 bits per heavy atom. The molecule has 0 aliphatic carbocycles. The van der Waals surface area contributed by atoms with E-state index in [2.05, 4.69) is 10.9 Å². The molecular formula is C15H23N3O6S. The number of nitrogens with one attached hydrogen (secondary N) is 2. The minimum Gasteiger partial charge on any atom is -0.494 e. The number of nitrogens with zero attached hydrogens (tertiary/aromatic N) is 1. The lowest BCUT2D eigenvalue weighted by atomic mass is 10.3. The summed E-state index contributed by atoms with van der Waals surface area (Å²) in [6, 6.07) is 6.75. The molecule has 0 aliphatic heterocycles. The number of benzene rings is 1. The minimum atomic E-state index is -3.48. The molecular weight excluding hydrogens is 350 g/mol. The zero-order chi connectivity index (χ0) is 19.0. The van der Waals surface area contributed by atoms with Gasteiger partial charge in [0.1, 0.15) is 11.5 Å². The summed E-state index contributed by atoms with van der Waals surface area (Å²) in [6.07, 6.45) is 0.108. The lowest BCUT2D eigenvalue weighted by Gasteiger charge is -2.17. The third-order valence-electron chi connectivity index (χ3n) is 3.07. The first-order valence-corrected chi connectivity index (χ1v) is 9.37. The van der Waals surface area contributed by atoms with E-state index < -0.39 is 34.5 Å². The lowest BCUT2D eigenvalue weighted by Crippen LogP contribution is -2.50. The highest BCUT2D eigenvalue weighted by Gasteiger charge is 2.18. The van der Waals surface area contributed by atoms with Crippen LogP contribution in [0.4, 0.5) is 0 Å². The predicted molar refractivity (Wildman–Crippen MR) is 91.5 cm³/mol. The van der Waals surface area contributed by atoms with Crippen molar-refractivity contribution in [2.24, 2.45) is 0 Å². The maximum atomic E-state index is 11.9. The highest BCUT2D eigenvalue weighted by Crippen LogP contribution is 2.18. The first kappa shape index (κ1) is 20.7. The van der Waals surface area contributed by atoms with Gasteiger partial charge in [0.05, 0.1) is 19.4 Å². The van der Waals surface area contributed by atoms with Crippen molar-refractivity contribution >= 4 is 21.8 Å². The largest absolute Gasteiger partial charge is 0.494 e. The van der Waals surface area contributed by atoms with Crippen molar-refractivity contribution in [3.63, 3.8) is 0 Å². The molecule has 0 heterocycles. The van der Waals surface area contributed by atoms with E-state index in [0.29, 0.717) is 18.1 Å². The minimum absolute atomic E-state index is 0.409. The van der Waals surface area contributed by atoms with Crippen molar-refractivity contribution in [3.8, 4) is 11.5 Å². The molecule has 0 saturated heterocycles. The van der Waals surface area contributed by atoms with Gasteiger partial charge in [0.2, 0.25) is 10.0 Å². The summed E-state index contributed by atoms with van der Waals surface area (Å²) in [4.78, 5) is 23.5. The molecule has 0 saturated carbocycles. The van der Waals surface area contributed by atoms with Gasteiger partial charge in [-0.25, -0.2) is 8.42 Å². The van der Waals surface area contributed by atoms with Gasteiger partial charge < -0.3 is 9.47 Å². The lowest BCUT2D eigenvalue weighted by molar-refractivity contribution is -0.132. The third kappa shape index (κ3) is 7.40. The SMILES string of the molecule is CCOc1ccc(OC(C)C(=O)NNC(=O)CN(C)S(C)(=O)=O)cc1. The summed E-state index contributed by atoms with van der Waals surface area (Å²) in [6.45, 7) is 3.53. The number of amides is 2. The van der Waals surface area contributed by atoms with Crippen molar-refractivity contribution in [3.05, 3.63) is 24.3 Å². The normalized spacial score (nSPS) is 12.4. The van der Waals surface area contributed by atoms with E-state index in [0.717, 1.165) is 10.6 Å². The fourth-order valence-electron chi connectivity index (χ4n) is 1.63. The van der Waals surface area contributed by atoms with E-state index >= 15 is 0 Å². The zero-order valence-corrected chi connectivity index (χ0v) is 15.4. The van der Waals surface area contributed by atoms with Gasteiger partial charge in [-0.2, -0.15) is 4.31 Å². The van der Waals surface area contributed by atoms with Gasteiger partial charge in [-0.05, 0) is 38.1 Å². The van der Waals surface area contributed by atoms with Crippen molar-refractivity contribution in [1.82, 2.24) is 15.2 Å². The van der Waals surface area contributed by atoms with Gasteiger partial charge in [0, 0.05) is 7.05 Å². The van der Waals surface area contributed by atoms with Crippen LogP contribution in [0.5, 0.6) is 11.5 Å². The molecule has 0 spiro atoms. The molecule has 0 bridgehead atoms. The maximum Gasteiger partial charge on any atom is 0.279 e. The Bertz CT molecular complexity index is 690. The predicted octanol–water partition coefficient (Wildman–Crippen LogP) is -0.109. The van der Waals surface area contributed by atoms with E-state index in [4.69, 9.17) is 9.47 Å². The second kappa shape index (κ2) is 9.23. The van der Waals surface area contributed by atoms with Crippen LogP contribution >= 0.6 is 0 Å². The van der Waals surface area contributed by atoms with Crippen LogP contribution in [0, 0.1) is 0 Å². The number of carbonyl (C=O) groups excluding carboxylic acids is 2. The number of hydrogen-bond acceptors (Lipinski definition) is 6. The Kier molecular flexibility index (Phi) is 7.65. The van der Waals surface area contributed by atoms with Crippen LogP contribution in [0.3, 0.4) is 0 Å². The van der Waals surface area contributed by atoms with Crippen molar-refractivity contribution in [1.29, 1.82) is 0 Å². The number of sulfonamides is 1. The number of carbonyl (C=O) groups is 2. The summed E-state index contributed by atoms with van der Waals surface area (Å²) in [7, 11) is -2.22. The number of hydrogen-bond donors (Lipinski definition) is 2. The fraction of sp³-hybridized carbons (Fsp3) is 0.467. The van der Waals surface area contributed by atoms with Crippen LogP contribution in [-0.4, -0.2) is 57.1 Å². The van der Waals surface area contributed by atoms with Crippen LogP contribution in [0.2, 0.25) is 0 Å². The summed E-state index contributed by atoms with van der Waals surface area (Å²) in [5.74, 6) is -0.0951. The van der Waals surface area contributed by atoms with Gasteiger partial charge in [0.15, 0.2) is 6.10 Å². The van der Waals surface area contributed by atoms with Crippen molar-refractivity contribution < 1.29 is 27.5 Å². The first-order valence-electron chi connectivity index (χ1n) is 7.53. The summed E-state index contributed by atoms with van der Waals surface area (Å²) < 4.78 is 34.0. The van der Waals surface area contributed by atoms with Crippen LogP contribution in [-0.2, 0) is 19.6 Å². The molecule has 9 nitrogen and oxygen atoms in total. The van der Waals surface area contributed by atoms with E-state index in [1.807, 2.05) is 6.92 Å². The molecule has 25 heavy (non-hydrogen) atoms. The van der Waals surface area contributed by atoms with E-state index in [9.17, 15) is 18.0 Å². The van der Waals surface area contributed by atoms with Gasteiger partial charge in [-0.15, -0.1) is 0 Å². The van der Waals surface area contributed by atoms with E-state index in [-0.39, 0.29) is 0 Å². The van der Waals surface area contributed by atoms with Crippen LogP contribution < -0.4 is 20.3 Å². The molecule has 0 aliphatic rings. The highest BCUT2D eigenvalue weighted by atomic mass is 32.2. The number of rotatable bonds is 8. The monoisotopic (exact) mass is 373 g/mol. The van der Waals surface area contributed by atoms with E-state index in [1.165, 1.54) is 14.0 Å². The average molecular weight is 373 g/mol. The van der Waals surface area contributed by atoms with Gasteiger partial charge in [0.25, 0.3) is 11.8 Å². The van der Waals surface area contributed by atoms with Crippen molar-refractivity contribution in [2.75, 3.05) is 26.5 Å². The summed E-state index contributed by atoms with van der Waals surface area (Å²) >= 11 is 0. The molecule has 0 aromatic heterocycles. The third-order valence-corrected chi connectivity index (χ3v) is 4.34. The Balaban J connectivity index is 2.44. The van der Waals surface area contributed by atoms with Crippen LogP contribution in [0.25, 0.3) is 0 Å². The maximum absolute atomic E-state index is 11.9. The topological polar surface area (TPSA) is 114 Å². The molecule has 2 N–H and O–H groups in total. The second-order valence-electron chi connectivity index (χ2n) is 5.22. The standard InChI is InChI=1S/C15H23N3O6S/c1-5-23-12-6-8-13(9-7-12)24-11(2)15(20)17-16-14(19)10-18(3)25(4,21)22/h6-9,11H,5,10H2,1-4H3,(H,16,19)(H,17,20).